The van der Waals surface area contributed by atoms with E-state index in [-0.39, 0.29) is 0 Å². The first-order valence-electron chi connectivity index (χ1n) is 8.36. The lowest BCUT2D eigenvalue weighted by atomic mass is 10.1. The van der Waals surface area contributed by atoms with Crippen LogP contribution in [0, 0.1) is 0 Å². The van der Waals surface area contributed by atoms with E-state index >= 15 is 0 Å². The average Bonchev–Trinajstić information content (AvgIpc) is 3.01. The predicted octanol–water partition coefficient (Wildman–Crippen LogP) is 4.65. The van der Waals surface area contributed by atoms with Crippen molar-refractivity contribution in [1.82, 2.24) is 14.5 Å². The van der Waals surface area contributed by atoms with E-state index in [4.69, 9.17) is 0 Å². The Balaban J connectivity index is 1.78. The first-order chi connectivity index (χ1) is 12.5. The van der Waals surface area contributed by atoms with Crippen molar-refractivity contribution in [3.63, 3.8) is 0 Å². The SMILES string of the molecule is FC(F)(F)Cn1ccnc1CN(Cc1ccccc1)Cc1ccccc1. The summed E-state index contributed by atoms with van der Waals surface area (Å²) in [6.45, 7) is 0.586. The average molecular weight is 359 g/mol. The predicted molar refractivity (Wildman–Crippen MR) is 94.1 cm³/mol. The highest BCUT2D eigenvalue weighted by Crippen LogP contribution is 2.20. The maximum absolute atomic E-state index is 12.8. The van der Waals surface area contributed by atoms with Gasteiger partial charge in [-0.05, 0) is 11.1 Å². The van der Waals surface area contributed by atoms with E-state index in [1.165, 1.54) is 17.0 Å². The first kappa shape index (κ1) is 18.2. The number of halogens is 3. The standard InChI is InChI=1S/C20H20F3N3/c21-20(22,23)16-26-12-11-24-19(26)15-25(13-17-7-3-1-4-8-17)14-18-9-5-2-6-10-18/h1-12H,13-16H2. The van der Waals surface area contributed by atoms with Gasteiger partial charge in [0.25, 0.3) is 0 Å². The van der Waals surface area contributed by atoms with E-state index < -0.39 is 12.7 Å². The fourth-order valence-corrected chi connectivity index (χ4v) is 2.88. The highest BCUT2D eigenvalue weighted by atomic mass is 19.4. The Morgan fingerprint density at radius 2 is 1.35 bits per heavy atom. The molecular weight excluding hydrogens is 339 g/mol. The fourth-order valence-electron chi connectivity index (χ4n) is 2.88. The van der Waals surface area contributed by atoms with E-state index in [2.05, 4.69) is 9.88 Å². The molecule has 0 amide bonds. The van der Waals surface area contributed by atoms with Gasteiger partial charge >= 0.3 is 6.18 Å². The lowest BCUT2D eigenvalue weighted by Crippen LogP contribution is -2.26. The molecule has 0 N–H and O–H groups in total. The van der Waals surface area contributed by atoms with Crippen LogP contribution in [0.5, 0.6) is 0 Å². The van der Waals surface area contributed by atoms with Gasteiger partial charge in [0, 0.05) is 25.5 Å². The monoisotopic (exact) mass is 359 g/mol. The zero-order chi connectivity index (χ0) is 18.4. The van der Waals surface area contributed by atoms with Gasteiger partial charge in [0.15, 0.2) is 0 Å². The number of alkyl halides is 3. The Morgan fingerprint density at radius 3 is 1.85 bits per heavy atom. The van der Waals surface area contributed by atoms with Crippen molar-refractivity contribution in [2.24, 2.45) is 0 Å². The molecule has 26 heavy (non-hydrogen) atoms. The minimum atomic E-state index is -4.26. The largest absolute Gasteiger partial charge is 0.406 e. The molecule has 0 bridgehead atoms. The fraction of sp³-hybridized carbons (Fsp3) is 0.250. The number of hydrogen-bond donors (Lipinski definition) is 0. The van der Waals surface area contributed by atoms with Crippen LogP contribution in [0.2, 0.25) is 0 Å². The van der Waals surface area contributed by atoms with Crippen molar-refractivity contribution in [1.29, 1.82) is 0 Å². The quantitative estimate of drug-likeness (QED) is 0.612. The third-order valence-electron chi connectivity index (χ3n) is 4.01. The van der Waals surface area contributed by atoms with Gasteiger partial charge < -0.3 is 4.57 Å². The van der Waals surface area contributed by atoms with Gasteiger partial charge in [-0.3, -0.25) is 4.90 Å². The Kier molecular flexibility index (Phi) is 5.73. The molecule has 0 atom stereocenters. The molecule has 3 nitrogen and oxygen atoms in total. The highest BCUT2D eigenvalue weighted by molar-refractivity contribution is 5.17. The Morgan fingerprint density at radius 1 is 0.808 bits per heavy atom. The molecule has 0 aliphatic heterocycles. The number of benzene rings is 2. The summed E-state index contributed by atoms with van der Waals surface area (Å²) in [5.74, 6) is 0.411. The molecule has 2 aromatic carbocycles. The second kappa shape index (κ2) is 8.19. The van der Waals surface area contributed by atoms with Crippen molar-refractivity contribution in [2.45, 2.75) is 32.4 Å². The van der Waals surface area contributed by atoms with Crippen LogP contribution in [-0.4, -0.2) is 20.6 Å². The van der Waals surface area contributed by atoms with Crippen molar-refractivity contribution >= 4 is 0 Å². The molecule has 1 heterocycles. The smallest absolute Gasteiger partial charge is 0.325 e. The summed E-state index contributed by atoms with van der Waals surface area (Å²) in [5, 5.41) is 0. The maximum Gasteiger partial charge on any atom is 0.406 e. The maximum atomic E-state index is 12.8. The Labute approximate surface area is 150 Å². The van der Waals surface area contributed by atoms with Gasteiger partial charge in [0.2, 0.25) is 0 Å². The van der Waals surface area contributed by atoms with Gasteiger partial charge in [-0.2, -0.15) is 13.2 Å². The summed E-state index contributed by atoms with van der Waals surface area (Å²) in [5.41, 5.74) is 2.22. The van der Waals surface area contributed by atoms with Crippen molar-refractivity contribution in [3.05, 3.63) is 90.0 Å². The minimum absolute atomic E-state index is 0.340. The van der Waals surface area contributed by atoms with Crippen LogP contribution in [0.3, 0.4) is 0 Å². The number of rotatable bonds is 7. The molecule has 0 unspecified atom stereocenters. The van der Waals surface area contributed by atoms with Crippen LogP contribution in [0.4, 0.5) is 13.2 Å². The molecule has 6 heteroatoms. The van der Waals surface area contributed by atoms with Crippen molar-refractivity contribution in [3.8, 4) is 0 Å². The normalized spacial score (nSPS) is 11.8. The molecule has 0 aliphatic rings. The molecule has 0 spiro atoms. The third-order valence-corrected chi connectivity index (χ3v) is 4.01. The van der Waals surface area contributed by atoms with Gasteiger partial charge in [0.05, 0.1) is 6.54 Å². The molecular formula is C20H20F3N3. The number of hydrogen-bond acceptors (Lipinski definition) is 2. The van der Waals surface area contributed by atoms with E-state index in [1.54, 1.807) is 0 Å². The molecule has 136 valence electrons. The van der Waals surface area contributed by atoms with Crippen LogP contribution in [-0.2, 0) is 26.2 Å². The summed E-state index contributed by atoms with van der Waals surface area (Å²) in [4.78, 5) is 6.24. The minimum Gasteiger partial charge on any atom is -0.325 e. The summed E-state index contributed by atoms with van der Waals surface area (Å²) in [6.07, 6.45) is -1.46. The van der Waals surface area contributed by atoms with Crippen LogP contribution < -0.4 is 0 Å². The van der Waals surface area contributed by atoms with Crippen LogP contribution in [0.15, 0.2) is 73.1 Å². The molecule has 0 saturated heterocycles. The summed E-state index contributed by atoms with van der Waals surface area (Å²) in [6, 6.07) is 19.8. The van der Waals surface area contributed by atoms with Gasteiger partial charge in [-0.1, -0.05) is 60.7 Å². The van der Waals surface area contributed by atoms with Gasteiger partial charge in [-0.25, -0.2) is 4.98 Å². The van der Waals surface area contributed by atoms with Gasteiger partial charge in [-0.15, -0.1) is 0 Å². The molecule has 0 radical (unpaired) electrons. The second-order valence-corrected chi connectivity index (χ2v) is 6.20. The molecule has 3 aromatic rings. The van der Waals surface area contributed by atoms with Crippen molar-refractivity contribution in [2.75, 3.05) is 0 Å². The summed E-state index contributed by atoms with van der Waals surface area (Å²) in [7, 11) is 0. The van der Waals surface area contributed by atoms with Crippen LogP contribution in [0.1, 0.15) is 17.0 Å². The van der Waals surface area contributed by atoms with Crippen molar-refractivity contribution < 1.29 is 13.2 Å². The zero-order valence-corrected chi connectivity index (χ0v) is 14.2. The Bertz CT molecular complexity index is 756. The molecule has 0 fully saturated rings. The Hall–Kier alpha value is -2.60. The van der Waals surface area contributed by atoms with E-state index in [9.17, 15) is 13.2 Å². The number of nitrogens with zero attached hydrogens (tertiary/aromatic N) is 3. The van der Waals surface area contributed by atoms with Gasteiger partial charge in [0.1, 0.15) is 12.4 Å². The third kappa shape index (κ3) is 5.46. The van der Waals surface area contributed by atoms with E-state index in [0.717, 1.165) is 11.1 Å². The second-order valence-electron chi connectivity index (χ2n) is 6.20. The topological polar surface area (TPSA) is 21.1 Å². The lowest BCUT2D eigenvalue weighted by molar-refractivity contribution is -0.141. The number of imidazole rings is 1. The highest BCUT2D eigenvalue weighted by Gasteiger charge is 2.29. The molecule has 0 saturated carbocycles. The number of aromatic nitrogens is 2. The van der Waals surface area contributed by atoms with E-state index in [0.29, 0.717) is 25.5 Å². The molecule has 0 aliphatic carbocycles. The first-order valence-corrected chi connectivity index (χ1v) is 8.36. The van der Waals surface area contributed by atoms with E-state index in [1.807, 2.05) is 60.7 Å². The molecule has 1 aromatic heterocycles. The summed E-state index contributed by atoms with van der Waals surface area (Å²) >= 11 is 0. The van der Waals surface area contributed by atoms with Crippen LogP contribution in [0.25, 0.3) is 0 Å². The van der Waals surface area contributed by atoms with Crippen LogP contribution >= 0.6 is 0 Å². The lowest BCUT2D eigenvalue weighted by Gasteiger charge is -2.23. The zero-order valence-electron chi connectivity index (χ0n) is 14.2. The summed E-state index contributed by atoms with van der Waals surface area (Å²) < 4.78 is 39.5. The molecule has 3 rings (SSSR count).